The van der Waals surface area contributed by atoms with E-state index in [0.29, 0.717) is 0 Å². The summed E-state index contributed by atoms with van der Waals surface area (Å²) in [5.41, 5.74) is 1.11. The fourth-order valence-electron chi connectivity index (χ4n) is 4.02. The number of hydrogen-bond donors (Lipinski definition) is 2. The summed E-state index contributed by atoms with van der Waals surface area (Å²) in [5.74, 6) is 3.60. The molecule has 1 aliphatic carbocycles. The van der Waals surface area contributed by atoms with Crippen molar-refractivity contribution in [1.29, 1.82) is 0 Å². The third-order valence-electron chi connectivity index (χ3n) is 5.42. The first kappa shape index (κ1) is 14.9. The van der Waals surface area contributed by atoms with Gasteiger partial charge in [-0.25, -0.2) is 4.39 Å². The number of rotatable bonds is 7. The topological polar surface area (TPSA) is 37.2 Å². The van der Waals surface area contributed by atoms with Crippen LogP contribution in [0, 0.1) is 23.6 Å². The second-order valence-corrected chi connectivity index (χ2v) is 6.76. The van der Waals surface area contributed by atoms with Crippen LogP contribution in [0.3, 0.4) is 0 Å². The standard InChI is InChI=1S/C19H23FN2O/c20-14-5-3-13(4-6-14)15(19-2-1-9-23-19)7-8-21-10-16-17-11-22-12-18(16)17/h1-6,9,15-18,21-22H,7-8,10-12H2/t15?,16?,17-,18+. The molecule has 2 N–H and O–H groups in total. The van der Waals surface area contributed by atoms with Gasteiger partial charge in [0.1, 0.15) is 11.6 Å². The maximum absolute atomic E-state index is 13.2. The smallest absolute Gasteiger partial charge is 0.123 e. The Morgan fingerprint density at radius 3 is 2.65 bits per heavy atom. The van der Waals surface area contributed by atoms with E-state index in [-0.39, 0.29) is 11.7 Å². The van der Waals surface area contributed by atoms with Crippen molar-refractivity contribution in [3.05, 3.63) is 59.8 Å². The summed E-state index contributed by atoms with van der Waals surface area (Å²) in [6.07, 6.45) is 2.66. The molecule has 1 aromatic heterocycles. The average Bonchev–Trinajstić information content (AvgIpc) is 3.00. The summed E-state index contributed by atoms with van der Waals surface area (Å²) < 4.78 is 18.8. The van der Waals surface area contributed by atoms with E-state index in [1.807, 2.05) is 24.3 Å². The largest absolute Gasteiger partial charge is 0.469 e. The van der Waals surface area contributed by atoms with Gasteiger partial charge in [-0.2, -0.15) is 0 Å². The fourth-order valence-corrected chi connectivity index (χ4v) is 4.02. The fraction of sp³-hybridized carbons (Fsp3) is 0.474. The average molecular weight is 314 g/mol. The molecule has 4 heteroatoms. The zero-order valence-electron chi connectivity index (χ0n) is 13.2. The Morgan fingerprint density at radius 2 is 1.96 bits per heavy atom. The van der Waals surface area contributed by atoms with Gasteiger partial charge in [0.15, 0.2) is 0 Å². The lowest BCUT2D eigenvalue weighted by atomic mass is 9.93. The predicted octanol–water partition coefficient (Wildman–Crippen LogP) is 3.00. The van der Waals surface area contributed by atoms with Crippen molar-refractivity contribution < 1.29 is 8.81 Å². The maximum Gasteiger partial charge on any atom is 0.123 e. The lowest BCUT2D eigenvalue weighted by molar-refractivity contribution is 0.459. The molecule has 0 bridgehead atoms. The van der Waals surface area contributed by atoms with Crippen LogP contribution >= 0.6 is 0 Å². The number of benzene rings is 1. The zero-order valence-corrected chi connectivity index (χ0v) is 13.2. The molecule has 1 aliphatic heterocycles. The second kappa shape index (κ2) is 6.46. The van der Waals surface area contributed by atoms with E-state index in [0.717, 1.165) is 48.6 Å². The lowest BCUT2D eigenvalue weighted by Crippen LogP contribution is -2.25. The van der Waals surface area contributed by atoms with Crippen LogP contribution in [0.15, 0.2) is 47.1 Å². The highest BCUT2D eigenvalue weighted by Gasteiger charge is 2.51. The van der Waals surface area contributed by atoms with Crippen LogP contribution in [0.25, 0.3) is 0 Å². The van der Waals surface area contributed by atoms with E-state index in [2.05, 4.69) is 10.6 Å². The van der Waals surface area contributed by atoms with E-state index in [1.165, 1.54) is 25.2 Å². The van der Waals surface area contributed by atoms with Gasteiger partial charge in [0.25, 0.3) is 0 Å². The lowest BCUT2D eigenvalue weighted by Gasteiger charge is -2.16. The van der Waals surface area contributed by atoms with E-state index in [9.17, 15) is 4.39 Å². The molecular formula is C19H23FN2O. The molecule has 1 aromatic carbocycles. The minimum Gasteiger partial charge on any atom is -0.469 e. The summed E-state index contributed by atoms with van der Waals surface area (Å²) in [7, 11) is 0. The molecule has 2 heterocycles. The Bertz CT molecular complexity index is 615. The molecule has 23 heavy (non-hydrogen) atoms. The molecule has 0 amide bonds. The first-order chi connectivity index (χ1) is 11.3. The van der Waals surface area contributed by atoms with Gasteiger partial charge in [-0.15, -0.1) is 0 Å². The van der Waals surface area contributed by atoms with Crippen molar-refractivity contribution in [2.24, 2.45) is 17.8 Å². The first-order valence-corrected chi connectivity index (χ1v) is 8.53. The van der Waals surface area contributed by atoms with Crippen molar-refractivity contribution in [1.82, 2.24) is 10.6 Å². The van der Waals surface area contributed by atoms with Crippen molar-refractivity contribution in [3.8, 4) is 0 Å². The highest BCUT2D eigenvalue weighted by Crippen LogP contribution is 2.48. The summed E-state index contributed by atoms with van der Waals surface area (Å²) in [5, 5.41) is 7.04. The van der Waals surface area contributed by atoms with Crippen molar-refractivity contribution in [3.63, 3.8) is 0 Å². The highest BCUT2D eigenvalue weighted by molar-refractivity contribution is 5.27. The molecule has 0 radical (unpaired) electrons. The van der Waals surface area contributed by atoms with Crippen LogP contribution in [0.4, 0.5) is 4.39 Å². The molecule has 4 rings (SSSR count). The molecule has 1 saturated heterocycles. The van der Waals surface area contributed by atoms with Crippen molar-refractivity contribution in [2.45, 2.75) is 12.3 Å². The first-order valence-electron chi connectivity index (χ1n) is 8.53. The van der Waals surface area contributed by atoms with Crippen molar-refractivity contribution in [2.75, 3.05) is 26.2 Å². The summed E-state index contributed by atoms with van der Waals surface area (Å²) in [4.78, 5) is 0. The van der Waals surface area contributed by atoms with Gasteiger partial charge in [-0.3, -0.25) is 0 Å². The van der Waals surface area contributed by atoms with Crippen LogP contribution in [0.2, 0.25) is 0 Å². The van der Waals surface area contributed by atoms with Gasteiger partial charge >= 0.3 is 0 Å². The maximum atomic E-state index is 13.2. The molecule has 2 aromatic rings. The SMILES string of the molecule is Fc1ccc(C(CCNCC2[C@H]3CNC[C@@H]23)c2ccco2)cc1. The minimum atomic E-state index is -0.195. The van der Waals surface area contributed by atoms with Gasteiger partial charge in [0.2, 0.25) is 0 Å². The highest BCUT2D eigenvalue weighted by atomic mass is 19.1. The van der Waals surface area contributed by atoms with E-state index < -0.39 is 0 Å². The molecule has 2 fully saturated rings. The summed E-state index contributed by atoms with van der Waals surface area (Å²) >= 11 is 0. The van der Waals surface area contributed by atoms with Crippen LogP contribution in [-0.2, 0) is 0 Å². The van der Waals surface area contributed by atoms with Gasteiger partial charge in [0, 0.05) is 5.92 Å². The number of halogens is 1. The Balaban J connectivity index is 1.33. The monoisotopic (exact) mass is 314 g/mol. The number of furan rings is 1. The molecule has 2 unspecified atom stereocenters. The zero-order chi connectivity index (χ0) is 15.6. The Labute approximate surface area is 136 Å². The quantitative estimate of drug-likeness (QED) is 0.772. The van der Waals surface area contributed by atoms with Crippen LogP contribution < -0.4 is 10.6 Å². The number of hydrogen-bond acceptors (Lipinski definition) is 3. The Kier molecular flexibility index (Phi) is 4.19. The molecule has 2 aliphatic rings. The third kappa shape index (κ3) is 3.19. The van der Waals surface area contributed by atoms with Gasteiger partial charge in [-0.05, 0) is 80.2 Å². The summed E-state index contributed by atoms with van der Waals surface area (Å²) in [6, 6.07) is 10.7. The third-order valence-corrected chi connectivity index (χ3v) is 5.42. The number of nitrogens with one attached hydrogen (secondary N) is 2. The predicted molar refractivity (Wildman–Crippen MR) is 87.8 cm³/mol. The Hall–Kier alpha value is -1.65. The van der Waals surface area contributed by atoms with Gasteiger partial charge < -0.3 is 15.1 Å². The van der Waals surface area contributed by atoms with Crippen LogP contribution in [-0.4, -0.2) is 26.2 Å². The normalized spacial score (nSPS) is 26.9. The molecule has 122 valence electrons. The number of fused-ring (bicyclic) bond motifs is 1. The minimum absolute atomic E-state index is 0.179. The van der Waals surface area contributed by atoms with E-state index >= 15 is 0 Å². The molecule has 3 nitrogen and oxygen atoms in total. The van der Waals surface area contributed by atoms with E-state index in [1.54, 1.807) is 6.26 Å². The number of piperidine rings is 1. The van der Waals surface area contributed by atoms with Crippen molar-refractivity contribution >= 4 is 0 Å². The molecule has 0 spiro atoms. The van der Waals surface area contributed by atoms with E-state index in [4.69, 9.17) is 4.42 Å². The Morgan fingerprint density at radius 1 is 1.17 bits per heavy atom. The van der Waals surface area contributed by atoms with Gasteiger partial charge in [0.05, 0.1) is 6.26 Å². The van der Waals surface area contributed by atoms with Gasteiger partial charge in [-0.1, -0.05) is 12.1 Å². The second-order valence-electron chi connectivity index (χ2n) is 6.76. The molecular weight excluding hydrogens is 291 g/mol. The summed E-state index contributed by atoms with van der Waals surface area (Å²) in [6.45, 7) is 4.46. The molecule has 1 saturated carbocycles. The van der Waals surface area contributed by atoms with Crippen LogP contribution in [0.1, 0.15) is 23.7 Å². The van der Waals surface area contributed by atoms with Crippen LogP contribution in [0.5, 0.6) is 0 Å². The molecule has 4 atom stereocenters.